The van der Waals surface area contributed by atoms with Gasteiger partial charge in [-0.3, -0.25) is 14.5 Å². The molecule has 2 aliphatic rings. The normalized spacial score (nSPS) is 19.4. The van der Waals surface area contributed by atoms with Gasteiger partial charge in [0, 0.05) is 47.4 Å². The number of rotatable bonds is 2. The summed E-state index contributed by atoms with van der Waals surface area (Å²) in [5, 5.41) is 5.74. The Morgan fingerprint density at radius 3 is 2.65 bits per heavy atom. The fourth-order valence-electron chi connectivity index (χ4n) is 5.77. The second kappa shape index (κ2) is 7.72. The molecule has 0 aliphatic carbocycles. The number of fused-ring (bicyclic) bond motifs is 5. The number of carbonyl (C=O) groups excluding carboxylic acids is 1. The van der Waals surface area contributed by atoms with Crippen LogP contribution in [-0.4, -0.2) is 31.6 Å². The molecule has 1 saturated heterocycles. The van der Waals surface area contributed by atoms with Crippen molar-refractivity contribution in [3.8, 4) is 11.3 Å². The Morgan fingerprint density at radius 2 is 1.85 bits per heavy atom. The number of hydrogen-bond acceptors (Lipinski definition) is 3. The largest absolute Gasteiger partial charge is 0.327 e. The van der Waals surface area contributed by atoms with E-state index in [1.54, 1.807) is 17.9 Å². The van der Waals surface area contributed by atoms with Crippen LogP contribution >= 0.6 is 0 Å². The minimum Gasteiger partial charge on any atom is -0.327 e. The first kappa shape index (κ1) is 21.0. The highest BCUT2D eigenvalue weighted by molar-refractivity contribution is 5.99. The number of nitrogens with zero attached hydrogens (tertiary/aromatic N) is 4. The molecule has 4 aromatic rings. The van der Waals surface area contributed by atoms with Crippen molar-refractivity contribution in [1.82, 2.24) is 19.7 Å². The minimum absolute atomic E-state index is 0.00509. The predicted molar refractivity (Wildman–Crippen MR) is 125 cm³/mol. The number of aromatic nitrogens is 3. The van der Waals surface area contributed by atoms with E-state index in [0.29, 0.717) is 17.5 Å². The molecule has 2 aromatic heterocycles. The Hall–Kier alpha value is -3.61. The Labute approximate surface area is 196 Å². The second-order valence-electron chi connectivity index (χ2n) is 9.37. The minimum atomic E-state index is -0.612. The lowest BCUT2D eigenvalue weighted by molar-refractivity contribution is 0.0392. The molecule has 1 fully saturated rings. The standard InChI is InChI=1S/C27H24F2N4O/c1-15-8-9-30-23-7-6-16(12-21(15)23)27(34)33-20-4-3-5-24(33)25-22(14-20)26(32(2)31-25)17-10-18(28)13-19(29)11-17/h6-13,20,24H,3-5,14H2,1-2H3/t20-,24+/m0/s1. The number of carbonyl (C=O) groups is 1. The van der Waals surface area contributed by atoms with Crippen molar-refractivity contribution >= 4 is 16.8 Å². The smallest absolute Gasteiger partial charge is 0.254 e. The van der Waals surface area contributed by atoms with Crippen molar-refractivity contribution in [3.63, 3.8) is 0 Å². The maximum atomic E-state index is 14.0. The maximum Gasteiger partial charge on any atom is 0.254 e. The molecule has 4 heterocycles. The Bertz CT molecular complexity index is 1440. The lowest BCUT2D eigenvalue weighted by Gasteiger charge is -2.45. The molecule has 6 rings (SSSR count). The van der Waals surface area contributed by atoms with E-state index in [0.717, 1.165) is 58.7 Å². The van der Waals surface area contributed by atoms with Crippen LogP contribution in [0.2, 0.25) is 0 Å². The molecule has 0 saturated carbocycles. The van der Waals surface area contributed by atoms with Gasteiger partial charge in [0.25, 0.3) is 5.91 Å². The summed E-state index contributed by atoms with van der Waals surface area (Å²) in [7, 11) is 1.80. The van der Waals surface area contributed by atoms with Crippen LogP contribution in [-0.2, 0) is 13.5 Å². The summed E-state index contributed by atoms with van der Waals surface area (Å²) < 4.78 is 29.7. The third-order valence-electron chi connectivity index (χ3n) is 7.25. The van der Waals surface area contributed by atoms with Gasteiger partial charge in [-0.2, -0.15) is 5.10 Å². The Morgan fingerprint density at radius 1 is 1.06 bits per heavy atom. The Kier molecular flexibility index (Phi) is 4.76. The van der Waals surface area contributed by atoms with Crippen molar-refractivity contribution in [1.29, 1.82) is 0 Å². The molecule has 0 unspecified atom stereocenters. The van der Waals surface area contributed by atoms with Crippen LogP contribution in [0, 0.1) is 18.6 Å². The van der Waals surface area contributed by atoms with Gasteiger partial charge in [0.1, 0.15) is 11.6 Å². The summed E-state index contributed by atoms with van der Waals surface area (Å²) in [6.07, 6.45) is 5.12. The summed E-state index contributed by atoms with van der Waals surface area (Å²) in [5.74, 6) is -1.23. The third-order valence-corrected chi connectivity index (χ3v) is 7.25. The first-order valence-corrected chi connectivity index (χ1v) is 11.6. The maximum absolute atomic E-state index is 14.0. The van der Waals surface area contributed by atoms with Gasteiger partial charge in [-0.1, -0.05) is 0 Å². The highest BCUT2D eigenvalue weighted by Gasteiger charge is 2.43. The van der Waals surface area contributed by atoms with E-state index in [1.165, 1.54) is 12.1 Å². The SMILES string of the molecule is Cc1ccnc2ccc(C(=O)N3[C@H]4CCC[C@@H]3c3nn(C)c(-c5cc(F)cc(F)c5)c3C4)cc12. The number of benzene rings is 2. The molecule has 1 amide bonds. The molecule has 5 nitrogen and oxygen atoms in total. The van der Waals surface area contributed by atoms with Crippen LogP contribution in [0.25, 0.3) is 22.2 Å². The summed E-state index contributed by atoms with van der Waals surface area (Å²) >= 11 is 0. The van der Waals surface area contributed by atoms with Gasteiger partial charge in [0.2, 0.25) is 0 Å². The molecule has 7 heteroatoms. The van der Waals surface area contributed by atoms with Crippen molar-refractivity contribution in [2.75, 3.05) is 0 Å². The van der Waals surface area contributed by atoms with Gasteiger partial charge in [0.05, 0.1) is 22.9 Å². The molecule has 34 heavy (non-hydrogen) atoms. The zero-order chi connectivity index (χ0) is 23.6. The van der Waals surface area contributed by atoms with Gasteiger partial charge < -0.3 is 4.90 Å². The van der Waals surface area contributed by atoms with E-state index in [-0.39, 0.29) is 18.0 Å². The Balaban J connectivity index is 1.43. The molecule has 2 atom stereocenters. The van der Waals surface area contributed by atoms with Gasteiger partial charge in [0.15, 0.2) is 0 Å². The highest BCUT2D eigenvalue weighted by atomic mass is 19.1. The van der Waals surface area contributed by atoms with Crippen molar-refractivity contribution in [2.24, 2.45) is 7.05 Å². The molecule has 2 aromatic carbocycles. The fraction of sp³-hybridized carbons (Fsp3) is 0.296. The topological polar surface area (TPSA) is 51.0 Å². The summed E-state index contributed by atoms with van der Waals surface area (Å²) in [5.41, 5.74) is 5.63. The third kappa shape index (κ3) is 3.22. The number of pyridine rings is 1. The van der Waals surface area contributed by atoms with Crippen LogP contribution in [0.4, 0.5) is 8.78 Å². The summed E-state index contributed by atoms with van der Waals surface area (Å²) in [4.78, 5) is 20.2. The first-order chi connectivity index (χ1) is 16.4. The van der Waals surface area contributed by atoms with E-state index < -0.39 is 11.6 Å². The molecule has 2 bridgehead atoms. The van der Waals surface area contributed by atoms with Crippen LogP contribution in [0.5, 0.6) is 0 Å². The van der Waals surface area contributed by atoms with Crippen LogP contribution in [0.15, 0.2) is 48.7 Å². The molecule has 0 N–H and O–H groups in total. The summed E-state index contributed by atoms with van der Waals surface area (Å²) in [6.45, 7) is 2.02. The van der Waals surface area contributed by atoms with Gasteiger partial charge in [-0.15, -0.1) is 0 Å². The first-order valence-electron chi connectivity index (χ1n) is 11.6. The van der Waals surface area contributed by atoms with Crippen LogP contribution in [0.3, 0.4) is 0 Å². The number of aryl methyl sites for hydroxylation is 2. The van der Waals surface area contributed by atoms with E-state index in [4.69, 9.17) is 5.10 Å². The number of hydrogen-bond donors (Lipinski definition) is 0. The molecule has 2 aliphatic heterocycles. The van der Waals surface area contributed by atoms with Gasteiger partial charge in [-0.25, -0.2) is 8.78 Å². The quantitative estimate of drug-likeness (QED) is 0.398. The monoisotopic (exact) mass is 458 g/mol. The zero-order valence-electron chi connectivity index (χ0n) is 19.1. The van der Waals surface area contributed by atoms with E-state index in [1.807, 2.05) is 36.1 Å². The number of amides is 1. The average molecular weight is 459 g/mol. The molecule has 172 valence electrons. The van der Waals surface area contributed by atoms with Crippen LogP contribution < -0.4 is 0 Å². The number of piperidine rings is 1. The predicted octanol–water partition coefficient (Wildman–Crippen LogP) is 5.51. The van der Waals surface area contributed by atoms with Crippen molar-refractivity contribution in [3.05, 3.63) is 82.7 Å². The zero-order valence-corrected chi connectivity index (χ0v) is 19.1. The average Bonchev–Trinajstić information content (AvgIpc) is 3.13. The van der Waals surface area contributed by atoms with Crippen molar-refractivity contribution in [2.45, 2.75) is 44.7 Å². The van der Waals surface area contributed by atoms with Gasteiger partial charge >= 0.3 is 0 Å². The highest BCUT2D eigenvalue weighted by Crippen LogP contribution is 2.45. The van der Waals surface area contributed by atoms with E-state index in [2.05, 4.69) is 4.98 Å². The van der Waals surface area contributed by atoms with Crippen LogP contribution in [0.1, 0.15) is 52.5 Å². The van der Waals surface area contributed by atoms with E-state index >= 15 is 0 Å². The fourth-order valence-corrected chi connectivity index (χ4v) is 5.77. The number of halogens is 2. The molecular weight excluding hydrogens is 434 g/mol. The van der Waals surface area contributed by atoms with E-state index in [9.17, 15) is 13.6 Å². The molecule has 0 radical (unpaired) electrons. The second-order valence-corrected chi connectivity index (χ2v) is 9.37. The lowest BCUT2D eigenvalue weighted by Crippen LogP contribution is -2.49. The molecule has 0 spiro atoms. The van der Waals surface area contributed by atoms with Crippen molar-refractivity contribution < 1.29 is 13.6 Å². The summed E-state index contributed by atoms with van der Waals surface area (Å²) in [6, 6.07) is 11.1. The van der Waals surface area contributed by atoms with Gasteiger partial charge in [-0.05, 0) is 74.6 Å². The molecular formula is C27H24F2N4O. The lowest BCUT2D eigenvalue weighted by atomic mass is 9.81.